The maximum absolute atomic E-state index is 5.72. The summed E-state index contributed by atoms with van der Waals surface area (Å²) in [4.78, 5) is 8.97. The number of hydrogen-bond acceptors (Lipinski definition) is 6. The maximum Gasteiger partial charge on any atom is 0.247 e. The van der Waals surface area contributed by atoms with E-state index in [1.807, 2.05) is 52.0 Å². The number of benzene rings is 1. The molecule has 5 nitrogen and oxygen atoms in total. The van der Waals surface area contributed by atoms with Crippen LogP contribution in [-0.2, 0) is 5.75 Å². The molecule has 0 atom stereocenters. The quantitative estimate of drug-likeness (QED) is 0.532. The Morgan fingerprint density at radius 3 is 2.22 bits per heavy atom. The number of rotatable bonds is 4. The zero-order valence-electron chi connectivity index (χ0n) is 13.6. The first-order valence-corrected chi connectivity index (χ1v) is 8.35. The highest BCUT2D eigenvalue weighted by atomic mass is 32.2. The molecular weight excluding hydrogens is 308 g/mol. The summed E-state index contributed by atoms with van der Waals surface area (Å²) >= 11 is 1.50. The fourth-order valence-electron chi connectivity index (χ4n) is 2.06. The van der Waals surface area contributed by atoms with Crippen molar-refractivity contribution in [2.24, 2.45) is 0 Å². The van der Waals surface area contributed by atoms with Gasteiger partial charge in [0.25, 0.3) is 0 Å². The van der Waals surface area contributed by atoms with Gasteiger partial charge in [-0.15, -0.1) is 10.2 Å². The normalized spacial score (nSPS) is 11.0. The van der Waals surface area contributed by atoms with Crippen molar-refractivity contribution >= 4 is 11.8 Å². The Hall–Kier alpha value is -2.21. The number of aryl methyl sites for hydroxylation is 3. The van der Waals surface area contributed by atoms with E-state index in [-0.39, 0.29) is 0 Å². The van der Waals surface area contributed by atoms with Crippen molar-refractivity contribution in [3.63, 3.8) is 0 Å². The lowest BCUT2D eigenvalue weighted by molar-refractivity contribution is 0.528. The van der Waals surface area contributed by atoms with E-state index in [0.29, 0.717) is 17.5 Å². The second-order valence-corrected chi connectivity index (χ2v) is 6.40. The summed E-state index contributed by atoms with van der Waals surface area (Å²) in [5.74, 6) is 1.67. The highest BCUT2D eigenvalue weighted by Gasteiger charge is 2.11. The molecule has 0 radical (unpaired) electrons. The van der Waals surface area contributed by atoms with Crippen molar-refractivity contribution in [1.29, 1.82) is 0 Å². The molecule has 0 amide bonds. The first kappa shape index (κ1) is 15.7. The molecule has 3 rings (SSSR count). The second kappa shape index (κ2) is 6.50. The average Bonchev–Trinajstić information content (AvgIpc) is 3.00. The lowest BCUT2D eigenvalue weighted by atomic mass is 10.1. The molecule has 2 aromatic heterocycles. The van der Waals surface area contributed by atoms with E-state index in [2.05, 4.69) is 20.2 Å². The van der Waals surface area contributed by atoms with E-state index in [4.69, 9.17) is 4.42 Å². The van der Waals surface area contributed by atoms with Crippen LogP contribution in [0, 0.1) is 27.7 Å². The molecular formula is C17H18N4OS. The summed E-state index contributed by atoms with van der Waals surface area (Å²) in [6.07, 6.45) is 0. The topological polar surface area (TPSA) is 64.7 Å². The molecule has 0 bridgehead atoms. The fraction of sp³-hybridized carbons (Fsp3) is 0.294. The first-order valence-electron chi connectivity index (χ1n) is 7.37. The number of hydrogen-bond donors (Lipinski definition) is 0. The molecule has 0 N–H and O–H groups in total. The molecule has 0 aliphatic carbocycles. The highest BCUT2D eigenvalue weighted by Crippen LogP contribution is 2.23. The Morgan fingerprint density at radius 2 is 1.57 bits per heavy atom. The van der Waals surface area contributed by atoms with Gasteiger partial charge in [0.2, 0.25) is 11.8 Å². The van der Waals surface area contributed by atoms with Crippen LogP contribution in [-0.4, -0.2) is 20.2 Å². The van der Waals surface area contributed by atoms with Crippen LogP contribution in [0.2, 0.25) is 0 Å². The maximum atomic E-state index is 5.72. The average molecular weight is 326 g/mol. The van der Waals surface area contributed by atoms with Crippen LogP contribution in [0.3, 0.4) is 0 Å². The van der Waals surface area contributed by atoms with Gasteiger partial charge in [0.15, 0.2) is 5.16 Å². The predicted octanol–water partition coefficient (Wildman–Crippen LogP) is 4.05. The number of aromatic nitrogens is 4. The van der Waals surface area contributed by atoms with Gasteiger partial charge >= 0.3 is 0 Å². The SMILES string of the molecule is Cc1ccc(-c2nnc(CSc3nc(C)c(C)c(C)n3)o2)cc1. The molecule has 118 valence electrons. The Balaban J connectivity index is 1.71. The summed E-state index contributed by atoms with van der Waals surface area (Å²) in [7, 11) is 0. The standard InChI is InChI=1S/C17H18N4OS/c1-10-5-7-14(8-6-10)16-21-20-15(22-16)9-23-17-18-12(3)11(2)13(4)19-17/h5-8H,9H2,1-4H3. The number of nitrogens with zero attached hydrogens (tertiary/aromatic N) is 4. The highest BCUT2D eigenvalue weighted by molar-refractivity contribution is 7.98. The van der Waals surface area contributed by atoms with E-state index in [9.17, 15) is 0 Å². The minimum Gasteiger partial charge on any atom is -0.420 e. The Labute approximate surface area is 139 Å². The van der Waals surface area contributed by atoms with Gasteiger partial charge in [0, 0.05) is 17.0 Å². The van der Waals surface area contributed by atoms with Crippen LogP contribution in [0.4, 0.5) is 0 Å². The lowest BCUT2D eigenvalue weighted by Crippen LogP contribution is -1.98. The zero-order chi connectivity index (χ0) is 16.4. The fourth-order valence-corrected chi connectivity index (χ4v) is 2.83. The molecule has 1 aromatic carbocycles. The van der Waals surface area contributed by atoms with Gasteiger partial charge in [-0.1, -0.05) is 29.5 Å². The van der Waals surface area contributed by atoms with Crippen molar-refractivity contribution in [3.8, 4) is 11.5 Å². The lowest BCUT2D eigenvalue weighted by Gasteiger charge is -2.05. The Kier molecular flexibility index (Phi) is 4.43. The number of thioether (sulfide) groups is 1. The van der Waals surface area contributed by atoms with Crippen LogP contribution >= 0.6 is 11.8 Å². The molecule has 0 fully saturated rings. The van der Waals surface area contributed by atoms with Crippen molar-refractivity contribution in [2.45, 2.75) is 38.6 Å². The second-order valence-electron chi connectivity index (χ2n) is 5.46. The van der Waals surface area contributed by atoms with Gasteiger partial charge in [-0.05, 0) is 45.4 Å². The molecule has 0 aliphatic heterocycles. The summed E-state index contributed by atoms with van der Waals surface area (Å²) in [5.41, 5.74) is 5.27. The van der Waals surface area contributed by atoms with Crippen LogP contribution < -0.4 is 0 Å². The molecule has 0 aliphatic rings. The van der Waals surface area contributed by atoms with E-state index < -0.39 is 0 Å². The molecule has 0 spiro atoms. The monoisotopic (exact) mass is 326 g/mol. The molecule has 0 unspecified atom stereocenters. The van der Waals surface area contributed by atoms with E-state index in [1.54, 1.807) is 0 Å². The molecule has 23 heavy (non-hydrogen) atoms. The molecule has 6 heteroatoms. The van der Waals surface area contributed by atoms with Gasteiger partial charge in [-0.3, -0.25) is 0 Å². The molecule has 0 saturated carbocycles. The summed E-state index contributed by atoms with van der Waals surface area (Å²) < 4.78 is 5.72. The summed E-state index contributed by atoms with van der Waals surface area (Å²) in [6.45, 7) is 8.07. The smallest absolute Gasteiger partial charge is 0.247 e. The molecule has 2 heterocycles. The van der Waals surface area contributed by atoms with Crippen molar-refractivity contribution in [3.05, 3.63) is 52.7 Å². The van der Waals surface area contributed by atoms with Gasteiger partial charge in [-0.2, -0.15) is 0 Å². The van der Waals surface area contributed by atoms with E-state index in [1.165, 1.54) is 17.3 Å². The van der Waals surface area contributed by atoms with Crippen LogP contribution in [0.15, 0.2) is 33.8 Å². The molecule has 3 aromatic rings. The summed E-state index contributed by atoms with van der Waals surface area (Å²) in [5, 5.41) is 8.94. The first-order chi connectivity index (χ1) is 11.0. The Morgan fingerprint density at radius 1 is 0.913 bits per heavy atom. The van der Waals surface area contributed by atoms with E-state index >= 15 is 0 Å². The van der Waals surface area contributed by atoms with Gasteiger partial charge < -0.3 is 4.42 Å². The Bertz CT molecular complexity index is 804. The minimum absolute atomic E-state index is 0.540. The van der Waals surface area contributed by atoms with Gasteiger partial charge in [0.05, 0.1) is 5.75 Å². The predicted molar refractivity (Wildman–Crippen MR) is 90.3 cm³/mol. The van der Waals surface area contributed by atoms with Crippen LogP contribution in [0.5, 0.6) is 0 Å². The zero-order valence-corrected chi connectivity index (χ0v) is 14.4. The minimum atomic E-state index is 0.540. The summed E-state index contributed by atoms with van der Waals surface area (Å²) in [6, 6.07) is 8.02. The van der Waals surface area contributed by atoms with Crippen LogP contribution in [0.1, 0.15) is 28.4 Å². The third-order valence-corrected chi connectivity index (χ3v) is 4.53. The third kappa shape index (κ3) is 3.59. The largest absolute Gasteiger partial charge is 0.420 e. The van der Waals surface area contributed by atoms with Crippen molar-refractivity contribution < 1.29 is 4.42 Å². The van der Waals surface area contributed by atoms with Gasteiger partial charge in [-0.25, -0.2) is 9.97 Å². The molecule has 0 saturated heterocycles. The van der Waals surface area contributed by atoms with Crippen LogP contribution in [0.25, 0.3) is 11.5 Å². The van der Waals surface area contributed by atoms with E-state index in [0.717, 1.165) is 27.7 Å². The van der Waals surface area contributed by atoms with Gasteiger partial charge in [0.1, 0.15) is 0 Å². The third-order valence-electron chi connectivity index (χ3n) is 3.70. The van der Waals surface area contributed by atoms with Crippen molar-refractivity contribution in [1.82, 2.24) is 20.2 Å². The van der Waals surface area contributed by atoms with Crippen molar-refractivity contribution in [2.75, 3.05) is 0 Å².